The van der Waals surface area contributed by atoms with Crippen molar-refractivity contribution in [2.75, 3.05) is 26.7 Å². The van der Waals surface area contributed by atoms with E-state index in [9.17, 15) is 9.59 Å². The van der Waals surface area contributed by atoms with Crippen molar-refractivity contribution in [3.63, 3.8) is 0 Å². The maximum Gasteiger partial charge on any atom is 0.233 e. The third kappa shape index (κ3) is 3.93. The van der Waals surface area contributed by atoms with Gasteiger partial charge in [0, 0.05) is 20.1 Å². The summed E-state index contributed by atoms with van der Waals surface area (Å²) in [5.74, 6) is 1.67. The molecular weight excluding hydrogens is 380 g/mol. The summed E-state index contributed by atoms with van der Waals surface area (Å²) in [6, 6.07) is 7.95. The second-order valence-electron chi connectivity index (χ2n) is 8.45. The highest BCUT2D eigenvalue weighted by Gasteiger charge is 2.58. The van der Waals surface area contributed by atoms with E-state index in [-0.39, 0.29) is 41.6 Å². The Hall–Kier alpha value is -2.83. The minimum Gasteiger partial charge on any atom is -0.489 e. The fourth-order valence-electron chi connectivity index (χ4n) is 4.89. The van der Waals surface area contributed by atoms with Crippen molar-refractivity contribution in [3.8, 4) is 5.75 Å². The molecule has 0 aromatic heterocycles. The fourth-order valence-corrected chi connectivity index (χ4v) is 4.89. The average Bonchev–Trinajstić information content (AvgIpc) is 3.40. The molecule has 1 heterocycles. The van der Waals surface area contributed by atoms with Gasteiger partial charge in [0.25, 0.3) is 0 Å². The number of hydrogen-bond donors (Lipinski definition) is 2. The number of benzene rings is 1. The van der Waals surface area contributed by atoms with E-state index in [0.29, 0.717) is 25.6 Å². The Labute approximate surface area is 177 Å². The Morgan fingerprint density at radius 3 is 2.53 bits per heavy atom. The summed E-state index contributed by atoms with van der Waals surface area (Å²) in [7, 11) is 1.70. The summed E-state index contributed by atoms with van der Waals surface area (Å²) in [6.45, 7) is 5.43. The van der Waals surface area contributed by atoms with Crippen molar-refractivity contribution in [1.82, 2.24) is 15.5 Å². The number of nitrogens with one attached hydrogen (secondary N) is 2. The number of carbonyl (C=O) groups excluding carboxylic acids is 2. The number of hydrogen-bond acceptors (Lipinski definition) is 4. The van der Waals surface area contributed by atoms with Crippen molar-refractivity contribution in [1.29, 1.82) is 0 Å². The minimum absolute atomic E-state index is 0.00762. The van der Waals surface area contributed by atoms with E-state index in [1.807, 2.05) is 38.1 Å². The number of nitrogens with zero attached hydrogens (tertiary/aromatic N) is 2. The third-order valence-electron chi connectivity index (χ3n) is 6.30. The van der Waals surface area contributed by atoms with Crippen molar-refractivity contribution in [2.45, 2.75) is 26.4 Å². The minimum atomic E-state index is -0.135. The molecule has 1 aromatic carbocycles. The Morgan fingerprint density at radius 2 is 1.90 bits per heavy atom. The van der Waals surface area contributed by atoms with Crippen LogP contribution in [0.4, 0.5) is 0 Å². The van der Waals surface area contributed by atoms with Crippen molar-refractivity contribution >= 4 is 17.8 Å². The lowest BCUT2D eigenvalue weighted by Crippen LogP contribution is -2.45. The second kappa shape index (κ2) is 8.50. The van der Waals surface area contributed by atoms with E-state index in [0.717, 1.165) is 17.7 Å². The van der Waals surface area contributed by atoms with Crippen molar-refractivity contribution in [3.05, 3.63) is 42.0 Å². The van der Waals surface area contributed by atoms with Crippen LogP contribution in [0, 0.1) is 30.6 Å². The van der Waals surface area contributed by atoms with Crippen molar-refractivity contribution < 1.29 is 14.3 Å². The Balaban J connectivity index is 1.22. The summed E-state index contributed by atoms with van der Waals surface area (Å²) >= 11 is 0. The summed E-state index contributed by atoms with van der Waals surface area (Å²) in [6.07, 6.45) is 5.14. The van der Waals surface area contributed by atoms with Crippen LogP contribution in [-0.4, -0.2) is 55.5 Å². The van der Waals surface area contributed by atoms with Crippen LogP contribution in [-0.2, 0) is 9.59 Å². The van der Waals surface area contributed by atoms with Gasteiger partial charge in [-0.25, -0.2) is 0 Å². The molecule has 7 heteroatoms. The van der Waals surface area contributed by atoms with Gasteiger partial charge >= 0.3 is 0 Å². The lowest BCUT2D eigenvalue weighted by Gasteiger charge is -2.20. The first-order chi connectivity index (χ1) is 14.5. The molecule has 2 fully saturated rings. The zero-order chi connectivity index (χ0) is 21.3. The number of allylic oxidation sites excluding steroid dienone is 2. The smallest absolute Gasteiger partial charge is 0.233 e. The molecule has 4 rings (SSSR count). The molecule has 2 amide bonds. The van der Waals surface area contributed by atoms with Gasteiger partial charge in [-0.1, -0.05) is 24.3 Å². The van der Waals surface area contributed by atoms with Crippen LogP contribution in [0.3, 0.4) is 0 Å². The van der Waals surface area contributed by atoms with E-state index < -0.39 is 0 Å². The van der Waals surface area contributed by atoms with E-state index in [4.69, 9.17) is 4.74 Å². The Bertz CT molecular complexity index is 851. The number of imide groups is 1. The predicted molar refractivity (Wildman–Crippen MR) is 115 cm³/mol. The number of guanidine groups is 1. The van der Waals surface area contributed by atoms with E-state index >= 15 is 0 Å². The Kier molecular flexibility index (Phi) is 5.79. The second-order valence-corrected chi connectivity index (χ2v) is 8.45. The van der Waals surface area contributed by atoms with Crippen LogP contribution in [0.2, 0.25) is 0 Å². The van der Waals surface area contributed by atoms with Crippen LogP contribution in [0.15, 0.2) is 41.4 Å². The van der Waals surface area contributed by atoms with Gasteiger partial charge < -0.3 is 15.4 Å². The largest absolute Gasteiger partial charge is 0.489 e. The van der Waals surface area contributed by atoms with Crippen LogP contribution in [0.1, 0.15) is 18.9 Å². The molecule has 5 unspecified atom stereocenters. The van der Waals surface area contributed by atoms with Gasteiger partial charge in [-0.2, -0.15) is 0 Å². The van der Waals surface area contributed by atoms with Crippen molar-refractivity contribution in [2.24, 2.45) is 28.7 Å². The zero-order valence-electron chi connectivity index (χ0n) is 17.8. The number of rotatable bonds is 7. The number of aliphatic imine (C=N–C) groups is 1. The van der Waals surface area contributed by atoms with Crippen LogP contribution >= 0.6 is 0 Å². The van der Waals surface area contributed by atoms with Gasteiger partial charge in [-0.3, -0.25) is 19.5 Å². The summed E-state index contributed by atoms with van der Waals surface area (Å²) in [5.41, 5.74) is 1.16. The first-order valence-corrected chi connectivity index (χ1v) is 10.7. The van der Waals surface area contributed by atoms with Crippen LogP contribution in [0.25, 0.3) is 0 Å². The van der Waals surface area contributed by atoms with Gasteiger partial charge in [0.2, 0.25) is 11.8 Å². The monoisotopic (exact) mass is 410 g/mol. The molecule has 1 saturated carbocycles. The van der Waals surface area contributed by atoms with Crippen LogP contribution in [0.5, 0.6) is 5.75 Å². The SMILES string of the molecule is CN=C(NCCN1C(=O)C2C3C=CC(C3)C2C1=O)NCC(C)Oc1cccc(C)c1. The van der Waals surface area contributed by atoms with Crippen LogP contribution < -0.4 is 15.4 Å². The maximum atomic E-state index is 12.7. The maximum absolute atomic E-state index is 12.7. The first kappa shape index (κ1) is 20.4. The number of likely N-dealkylation sites (tertiary alicyclic amines) is 1. The molecule has 7 nitrogen and oxygen atoms in total. The lowest BCUT2D eigenvalue weighted by molar-refractivity contribution is -0.140. The molecule has 2 bridgehead atoms. The number of aryl methyl sites for hydroxylation is 1. The highest BCUT2D eigenvalue weighted by Crippen LogP contribution is 2.52. The normalized spacial score (nSPS) is 28.1. The van der Waals surface area contributed by atoms with E-state index in [1.54, 1.807) is 7.05 Å². The molecule has 0 spiro atoms. The van der Waals surface area contributed by atoms with Gasteiger partial charge in [0.05, 0.1) is 18.4 Å². The number of amides is 2. The molecule has 30 heavy (non-hydrogen) atoms. The quantitative estimate of drug-likeness (QED) is 0.310. The van der Waals surface area contributed by atoms with Gasteiger partial charge in [0.15, 0.2) is 5.96 Å². The molecule has 1 saturated heterocycles. The Morgan fingerprint density at radius 1 is 1.20 bits per heavy atom. The number of ether oxygens (including phenoxy) is 1. The molecule has 2 N–H and O–H groups in total. The fraction of sp³-hybridized carbons (Fsp3) is 0.522. The summed E-state index contributed by atoms with van der Waals surface area (Å²) in [4.78, 5) is 31.1. The molecule has 5 atom stereocenters. The topological polar surface area (TPSA) is 83.0 Å². The molecule has 1 aliphatic heterocycles. The highest BCUT2D eigenvalue weighted by atomic mass is 16.5. The molecular formula is C23H30N4O3. The van der Waals surface area contributed by atoms with Gasteiger partial charge in [-0.15, -0.1) is 0 Å². The number of fused-ring (bicyclic) bond motifs is 5. The average molecular weight is 411 g/mol. The molecule has 160 valence electrons. The predicted octanol–water partition coefficient (Wildman–Crippen LogP) is 1.73. The highest BCUT2D eigenvalue weighted by molar-refractivity contribution is 6.06. The standard InChI is InChI=1S/C23H30N4O3/c1-14-5-4-6-18(11-14)30-15(2)13-26-23(24-3)25-9-10-27-21(28)19-16-7-8-17(12-16)20(19)22(27)29/h4-8,11,15-17,19-20H,9-10,12-13H2,1-3H3,(H2,24,25,26). The molecule has 0 radical (unpaired) electrons. The van der Waals surface area contributed by atoms with Gasteiger partial charge in [0.1, 0.15) is 11.9 Å². The first-order valence-electron chi connectivity index (χ1n) is 10.7. The third-order valence-corrected chi connectivity index (χ3v) is 6.30. The summed E-state index contributed by atoms with van der Waals surface area (Å²) in [5, 5.41) is 6.42. The van der Waals surface area contributed by atoms with E-state index in [2.05, 4.69) is 27.8 Å². The molecule has 3 aliphatic rings. The summed E-state index contributed by atoms with van der Waals surface area (Å²) < 4.78 is 5.92. The number of carbonyl (C=O) groups is 2. The van der Waals surface area contributed by atoms with E-state index in [1.165, 1.54) is 4.90 Å². The lowest BCUT2D eigenvalue weighted by atomic mass is 9.85. The molecule has 1 aromatic rings. The molecule has 2 aliphatic carbocycles. The van der Waals surface area contributed by atoms with Gasteiger partial charge in [-0.05, 0) is 49.8 Å². The zero-order valence-corrected chi connectivity index (χ0v) is 17.8.